The number of halogens is 1. The molecule has 1 aliphatic carbocycles. The lowest BCUT2D eigenvalue weighted by Gasteiger charge is -2.17. The van der Waals surface area contributed by atoms with Gasteiger partial charge in [-0.25, -0.2) is 4.79 Å². The molecule has 1 aliphatic rings. The van der Waals surface area contributed by atoms with Crippen molar-refractivity contribution in [1.29, 1.82) is 0 Å². The van der Waals surface area contributed by atoms with Crippen LogP contribution in [-0.4, -0.2) is 17.9 Å². The van der Waals surface area contributed by atoms with Crippen LogP contribution in [0.1, 0.15) is 30.1 Å². The van der Waals surface area contributed by atoms with Crippen molar-refractivity contribution in [3.8, 4) is 0 Å². The molecule has 128 valence electrons. The molecule has 2 aromatic carbocycles. The molecule has 1 N–H and O–H groups in total. The molecular formula is C20H18BrNO3. The average Bonchev–Trinajstić information content (AvgIpc) is 3.44. The maximum absolute atomic E-state index is 12.4. The molecule has 1 saturated carbocycles. The van der Waals surface area contributed by atoms with E-state index in [4.69, 9.17) is 4.74 Å². The van der Waals surface area contributed by atoms with E-state index in [2.05, 4.69) is 21.2 Å². The number of hydrogen-bond donors (Lipinski definition) is 1. The van der Waals surface area contributed by atoms with Gasteiger partial charge in [0.15, 0.2) is 0 Å². The van der Waals surface area contributed by atoms with Gasteiger partial charge in [-0.15, -0.1) is 0 Å². The first-order valence-corrected chi connectivity index (χ1v) is 8.91. The Morgan fingerprint density at radius 1 is 1.08 bits per heavy atom. The van der Waals surface area contributed by atoms with Crippen molar-refractivity contribution >= 4 is 33.9 Å². The van der Waals surface area contributed by atoms with Crippen molar-refractivity contribution in [2.75, 3.05) is 0 Å². The zero-order valence-electron chi connectivity index (χ0n) is 13.5. The highest BCUT2D eigenvalue weighted by Crippen LogP contribution is 2.23. The van der Waals surface area contributed by atoms with Gasteiger partial charge in [-0.3, -0.25) is 4.79 Å². The van der Waals surface area contributed by atoms with Gasteiger partial charge in [0.05, 0.1) is 0 Å². The second-order valence-corrected chi connectivity index (χ2v) is 6.81. The molecule has 0 spiro atoms. The number of carbonyl (C=O) groups is 2. The summed E-state index contributed by atoms with van der Waals surface area (Å²) in [5.74, 6) is -0.832. The number of ether oxygens (including phenoxy) is 1. The Labute approximate surface area is 155 Å². The first-order valence-electron chi connectivity index (χ1n) is 8.11. The molecule has 25 heavy (non-hydrogen) atoms. The summed E-state index contributed by atoms with van der Waals surface area (Å²) in [5, 5.41) is 2.89. The molecule has 0 unspecified atom stereocenters. The monoisotopic (exact) mass is 399 g/mol. The summed E-state index contributed by atoms with van der Waals surface area (Å²) in [6, 6.07) is 16.8. The maximum atomic E-state index is 12.4. The van der Waals surface area contributed by atoms with Crippen LogP contribution in [0.2, 0.25) is 0 Å². The van der Waals surface area contributed by atoms with Crippen LogP contribution in [0.4, 0.5) is 0 Å². The SMILES string of the molecule is O=C(/C=C/c1ccc(Br)cc1)O[C@@H](C(=O)NC1CC1)c1ccccc1. The highest BCUT2D eigenvalue weighted by Gasteiger charge is 2.30. The van der Waals surface area contributed by atoms with Gasteiger partial charge >= 0.3 is 5.97 Å². The van der Waals surface area contributed by atoms with E-state index in [9.17, 15) is 9.59 Å². The van der Waals surface area contributed by atoms with Gasteiger partial charge in [-0.1, -0.05) is 58.4 Å². The maximum Gasteiger partial charge on any atom is 0.331 e. The molecule has 0 aromatic heterocycles. The number of nitrogens with one attached hydrogen (secondary N) is 1. The molecule has 0 aliphatic heterocycles. The molecule has 1 atom stereocenters. The average molecular weight is 400 g/mol. The first-order chi connectivity index (χ1) is 12.1. The summed E-state index contributed by atoms with van der Waals surface area (Å²) in [5.41, 5.74) is 1.53. The predicted octanol–water partition coefficient (Wildman–Crippen LogP) is 4.03. The van der Waals surface area contributed by atoms with E-state index in [0.717, 1.165) is 22.9 Å². The molecule has 1 amide bonds. The third-order valence-corrected chi connectivity index (χ3v) is 4.31. The van der Waals surface area contributed by atoms with E-state index >= 15 is 0 Å². The summed E-state index contributed by atoms with van der Waals surface area (Å²) in [7, 11) is 0. The normalized spacial score (nSPS) is 14.9. The van der Waals surface area contributed by atoms with Gasteiger partial charge in [0.25, 0.3) is 5.91 Å². The third-order valence-electron chi connectivity index (χ3n) is 3.78. The molecule has 4 nitrogen and oxygen atoms in total. The zero-order chi connectivity index (χ0) is 17.6. The molecule has 3 rings (SSSR count). The lowest BCUT2D eigenvalue weighted by molar-refractivity contribution is -0.151. The predicted molar refractivity (Wildman–Crippen MR) is 99.6 cm³/mol. The lowest BCUT2D eigenvalue weighted by Crippen LogP contribution is -2.33. The third kappa shape index (κ3) is 5.29. The van der Waals surface area contributed by atoms with Crippen LogP contribution in [0.25, 0.3) is 6.08 Å². The molecule has 0 saturated heterocycles. The highest BCUT2D eigenvalue weighted by molar-refractivity contribution is 9.10. The summed E-state index contributed by atoms with van der Waals surface area (Å²) in [4.78, 5) is 24.6. The van der Waals surface area contributed by atoms with Crippen LogP contribution in [0.3, 0.4) is 0 Å². The van der Waals surface area contributed by atoms with E-state index < -0.39 is 12.1 Å². The van der Waals surface area contributed by atoms with Gasteiger partial charge in [-0.2, -0.15) is 0 Å². The van der Waals surface area contributed by atoms with E-state index in [1.807, 2.05) is 42.5 Å². The van der Waals surface area contributed by atoms with Crippen molar-refractivity contribution in [2.45, 2.75) is 25.0 Å². The summed E-state index contributed by atoms with van der Waals surface area (Å²) >= 11 is 3.36. The quantitative estimate of drug-likeness (QED) is 0.589. The Kier molecular flexibility index (Phi) is 5.66. The molecular weight excluding hydrogens is 382 g/mol. The Hall–Kier alpha value is -2.40. The second kappa shape index (κ2) is 8.12. The molecule has 2 aromatic rings. The van der Waals surface area contributed by atoms with Crippen LogP contribution in [0.5, 0.6) is 0 Å². The molecule has 0 radical (unpaired) electrons. The van der Waals surface area contributed by atoms with Crippen molar-refractivity contribution < 1.29 is 14.3 Å². The molecule has 1 fully saturated rings. The Morgan fingerprint density at radius 3 is 2.40 bits per heavy atom. The largest absolute Gasteiger partial charge is 0.444 e. The van der Waals surface area contributed by atoms with Crippen LogP contribution in [0.15, 0.2) is 65.1 Å². The number of rotatable bonds is 6. The number of hydrogen-bond acceptors (Lipinski definition) is 3. The van der Waals surface area contributed by atoms with Crippen LogP contribution in [-0.2, 0) is 14.3 Å². The van der Waals surface area contributed by atoms with Crippen molar-refractivity contribution in [1.82, 2.24) is 5.32 Å². The van der Waals surface area contributed by atoms with Crippen molar-refractivity contribution in [3.63, 3.8) is 0 Å². The van der Waals surface area contributed by atoms with Crippen LogP contribution in [0, 0.1) is 0 Å². The fourth-order valence-corrected chi connectivity index (χ4v) is 2.56. The minimum atomic E-state index is -0.941. The van der Waals surface area contributed by atoms with Crippen molar-refractivity contribution in [2.24, 2.45) is 0 Å². The smallest absolute Gasteiger partial charge is 0.331 e. The van der Waals surface area contributed by atoms with E-state index in [0.29, 0.717) is 5.56 Å². The Balaban J connectivity index is 1.69. The molecule has 5 heteroatoms. The topological polar surface area (TPSA) is 55.4 Å². The van der Waals surface area contributed by atoms with Gasteiger partial charge in [-0.05, 0) is 36.6 Å². The van der Waals surface area contributed by atoms with Crippen LogP contribution < -0.4 is 5.32 Å². The van der Waals surface area contributed by atoms with E-state index in [1.54, 1.807) is 18.2 Å². The van der Waals surface area contributed by atoms with Gasteiger partial charge in [0, 0.05) is 22.2 Å². The fourth-order valence-electron chi connectivity index (χ4n) is 2.30. The number of esters is 1. The fraction of sp³-hybridized carbons (Fsp3) is 0.200. The standard InChI is InChI=1S/C20H18BrNO3/c21-16-9-6-14(7-10-16)8-13-18(23)25-19(15-4-2-1-3-5-15)20(24)22-17-11-12-17/h1-10,13,17,19H,11-12H2,(H,22,24)/b13-8+/t19-/m1/s1. The number of benzene rings is 2. The summed E-state index contributed by atoms with van der Waals surface area (Å²) < 4.78 is 6.39. The minimum absolute atomic E-state index is 0.204. The Morgan fingerprint density at radius 2 is 1.76 bits per heavy atom. The first kappa shape index (κ1) is 17.4. The number of carbonyl (C=O) groups excluding carboxylic acids is 2. The Bertz CT molecular complexity index is 767. The van der Waals surface area contributed by atoms with Gasteiger partial charge in [0.1, 0.15) is 0 Å². The lowest BCUT2D eigenvalue weighted by atomic mass is 10.1. The highest BCUT2D eigenvalue weighted by atomic mass is 79.9. The van der Waals surface area contributed by atoms with E-state index in [1.165, 1.54) is 6.08 Å². The van der Waals surface area contributed by atoms with Gasteiger partial charge in [0.2, 0.25) is 6.10 Å². The number of amides is 1. The summed E-state index contributed by atoms with van der Waals surface area (Å²) in [6.07, 6.45) is 4.01. The van der Waals surface area contributed by atoms with Crippen LogP contribution >= 0.6 is 15.9 Å². The molecule has 0 bridgehead atoms. The zero-order valence-corrected chi connectivity index (χ0v) is 15.1. The minimum Gasteiger partial charge on any atom is -0.444 e. The molecule has 0 heterocycles. The van der Waals surface area contributed by atoms with E-state index in [-0.39, 0.29) is 11.9 Å². The van der Waals surface area contributed by atoms with Crippen molar-refractivity contribution in [3.05, 3.63) is 76.3 Å². The summed E-state index contributed by atoms with van der Waals surface area (Å²) in [6.45, 7) is 0. The second-order valence-electron chi connectivity index (χ2n) is 5.90. The van der Waals surface area contributed by atoms with Gasteiger partial charge < -0.3 is 10.1 Å².